The van der Waals surface area contributed by atoms with Crippen molar-refractivity contribution in [2.75, 3.05) is 44.7 Å². The second kappa shape index (κ2) is 10.4. The van der Waals surface area contributed by atoms with Gasteiger partial charge in [-0.2, -0.15) is 0 Å². The van der Waals surface area contributed by atoms with Crippen molar-refractivity contribution in [3.63, 3.8) is 0 Å². The van der Waals surface area contributed by atoms with E-state index in [9.17, 15) is 4.79 Å². The van der Waals surface area contributed by atoms with Crippen LogP contribution in [0.15, 0.2) is 23.2 Å². The number of amides is 1. The molecule has 1 fully saturated rings. The molecule has 6 nitrogen and oxygen atoms in total. The lowest BCUT2D eigenvalue weighted by Gasteiger charge is -2.38. The summed E-state index contributed by atoms with van der Waals surface area (Å²) in [5, 5.41) is 6.87. The Morgan fingerprint density at radius 2 is 1.85 bits per heavy atom. The second-order valence-electron chi connectivity index (χ2n) is 7.60. The van der Waals surface area contributed by atoms with E-state index in [-0.39, 0.29) is 42.0 Å². The summed E-state index contributed by atoms with van der Waals surface area (Å²) in [5.74, 6) is 0.725. The van der Waals surface area contributed by atoms with Gasteiger partial charge in [-0.1, -0.05) is 17.7 Å². The Kier molecular flexibility index (Phi) is 9.14. The molecule has 27 heavy (non-hydrogen) atoms. The summed E-state index contributed by atoms with van der Waals surface area (Å²) in [5.41, 5.74) is 2.18. The van der Waals surface area contributed by atoms with E-state index in [0.29, 0.717) is 0 Å². The maximum Gasteiger partial charge on any atom is 0.239 e. The standard InChI is InChI=1S/C19H30ClN5O.HI/c1-14-6-7-15(20)12-16(14)24-8-10-25(11-9-24)18(21-5)22-13-17(26)23-19(2,3)4;/h6-7,12H,8-11,13H2,1-5H3,(H,21,22)(H,23,26);1H. The van der Waals surface area contributed by atoms with E-state index in [1.807, 2.05) is 32.9 Å². The quantitative estimate of drug-likeness (QED) is 0.375. The molecule has 0 atom stereocenters. The van der Waals surface area contributed by atoms with Crippen molar-refractivity contribution in [3.05, 3.63) is 28.8 Å². The number of carbonyl (C=O) groups excluding carboxylic acids is 1. The maximum absolute atomic E-state index is 12.0. The van der Waals surface area contributed by atoms with Crippen LogP contribution >= 0.6 is 35.6 Å². The zero-order valence-corrected chi connectivity index (χ0v) is 19.9. The number of rotatable bonds is 3. The normalized spacial score (nSPS) is 15.3. The zero-order chi connectivity index (χ0) is 19.3. The zero-order valence-electron chi connectivity index (χ0n) is 16.8. The Bertz CT molecular complexity index is 667. The Morgan fingerprint density at radius 1 is 1.22 bits per heavy atom. The predicted octanol–water partition coefficient (Wildman–Crippen LogP) is 2.88. The molecular weight excluding hydrogens is 477 g/mol. The third kappa shape index (κ3) is 7.37. The van der Waals surface area contributed by atoms with Crippen molar-refractivity contribution in [2.24, 2.45) is 4.99 Å². The molecule has 1 aliphatic rings. The Balaban J connectivity index is 0.00000364. The molecule has 0 bridgehead atoms. The molecule has 8 heteroatoms. The molecule has 0 aromatic heterocycles. The number of guanidine groups is 1. The lowest BCUT2D eigenvalue weighted by Crippen LogP contribution is -2.54. The molecule has 0 saturated carbocycles. The highest BCUT2D eigenvalue weighted by Gasteiger charge is 2.22. The van der Waals surface area contributed by atoms with Crippen LogP contribution < -0.4 is 15.5 Å². The number of benzene rings is 1. The number of hydrogen-bond donors (Lipinski definition) is 2. The molecule has 1 saturated heterocycles. The van der Waals surface area contributed by atoms with Crippen molar-refractivity contribution in [1.29, 1.82) is 0 Å². The molecule has 0 radical (unpaired) electrons. The highest BCUT2D eigenvalue weighted by Crippen LogP contribution is 2.25. The van der Waals surface area contributed by atoms with Crippen LogP contribution in [0.25, 0.3) is 0 Å². The van der Waals surface area contributed by atoms with Gasteiger partial charge in [0.25, 0.3) is 0 Å². The highest BCUT2D eigenvalue weighted by atomic mass is 127. The smallest absolute Gasteiger partial charge is 0.239 e. The van der Waals surface area contributed by atoms with Gasteiger partial charge in [-0.15, -0.1) is 24.0 Å². The molecule has 1 aliphatic heterocycles. The van der Waals surface area contributed by atoms with Crippen LogP contribution in [-0.2, 0) is 4.79 Å². The fourth-order valence-corrected chi connectivity index (χ4v) is 3.20. The van der Waals surface area contributed by atoms with Crippen LogP contribution in [-0.4, -0.2) is 62.1 Å². The number of aliphatic imine (C=N–C) groups is 1. The van der Waals surface area contributed by atoms with Crippen LogP contribution in [0, 0.1) is 6.92 Å². The number of aryl methyl sites for hydroxylation is 1. The first-order chi connectivity index (χ1) is 12.2. The van der Waals surface area contributed by atoms with Crippen molar-refractivity contribution < 1.29 is 4.79 Å². The largest absolute Gasteiger partial charge is 0.368 e. The third-order valence-corrected chi connectivity index (χ3v) is 4.46. The number of piperazine rings is 1. The van der Waals surface area contributed by atoms with Crippen LogP contribution in [0.5, 0.6) is 0 Å². The molecule has 0 aliphatic carbocycles. The number of nitrogens with zero attached hydrogens (tertiary/aromatic N) is 3. The van der Waals surface area contributed by atoms with E-state index in [2.05, 4.69) is 38.4 Å². The molecule has 2 rings (SSSR count). The minimum Gasteiger partial charge on any atom is -0.368 e. The van der Waals surface area contributed by atoms with E-state index in [1.165, 1.54) is 11.3 Å². The van der Waals surface area contributed by atoms with E-state index in [0.717, 1.165) is 37.2 Å². The molecule has 1 amide bonds. The number of hydrogen-bond acceptors (Lipinski definition) is 3. The van der Waals surface area contributed by atoms with Gasteiger partial charge in [0.05, 0.1) is 6.54 Å². The van der Waals surface area contributed by atoms with E-state index < -0.39 is 0 Å². The first-order valence-electron chi connectivity index (χ1n) is 8.97. The maximum atomic E-state index is 12.0. The number of carbonyl (C=O) groups is 1. The monoisotopic (exact) mass is 507 g/mol. The van der Waals surface area contributed by atoms with Crippen molar-refractivity contribution in [3.8, 4) is 0 Å². The molecule has 2 N–H and O–H groups in total. The summed E-state index contributed by atoms with van der Waals surface area (Å²) in [6.07, 6.45) is 0. The average molecular weight is 508 g/mol. The molecule has 152 valence electrons. The van der Waals surface area contributed by atoms with Gasteiger partial charge in [-0.05, 0) is 45.4 Å². The van der Waals surface area contributed by atoms with Crippen LogP contribution in [0.3, 0.4) is 0 Å². The summed E-state index contributed by atoms with van der Waals surface area (Å²) in [7, 11) is 1.75. The van der Waals surface area contributed by atoms with Gasteiger partial charge in [0.2, 0.25) is 5.91 Å². The van der Waals surface area contributed by atoms with Gasteiger partial charge in [-0.3, -0.25) is 9.79 Å². The van der Waals surface area contributed by atoms with Crippen LogP contribution in [0.1, 0.15) is 26.3 Å². The van der Waals surface area contributed by atoms with E-state index in [1.54, 1.807) is 7.05 Å². The minimum atomic E-state index is -0.233. The fourth-order valence-electron chi connectivity index (χ4n) is 3.04. The van der Waals surface area contributed by atoms with Crippen LogP contribution in [0.2, 0.25) is 5.02 Å². The molecule has 1 heterocycles. The SMILES string of the molecule is CN=C(NCC(=O)NC(C)(C)C)N1CCN(c2cc(Cl)ccc2C)CC1.I. The summed E-state index contributed by atoms with van der Waals surface area (Å²) in [6, 6.07) is 6.00. The lowest BCUT2D eigenvalue weighted by molar-refractivity contribution is -0.121. The number of anilines is 1. The summed E-state index contributed by atoms with van der Waals surface area (Å²) >= 11 is 6.15. The Labute approximate surface area is 184 Å². The predicted molar refractivity (Wildman–Crippen MR) is 125 cm³/mol. The second-order valence-corrected chi connectivity index (χ2v) is 8.04. The van der Waals surface area contributed by atoms with E-state index in [4.69, 9.17) is 11.6 Å². The highest BCUT2D eigenvalue weighted by molar-refractivity contribution is 14.0. The third-order valence-electron chi connectivity index (χ3n) is 4.22. The summed E-state index contributed by atoms with van der Waals surface area (Å²) in [6.45, 7) is 11.7. The molecular formula is C19H31ClIN5O. The number of halogens is 2. The van der Waals surface area contributed by atoms with Crippen LogP contribution in [0.4, 0.5) is 5.69 Å². The van der Waals surface area contributed by atoms with Gasteiger partial charge < -0.3 is 20.4 Å². The molecule has 0 unspecified atom stereocenters. The van der Waals surface area contributed by atoms with Crippen molar-refractivity contribution in [1.82, 2.24) is 15.5 Å². The minimum absolute atomic E-state index is 0. The fraction of sp³-hybridized carbons (Fsp3) is 0.579. The van der Waals surface area contributed by atoms with Gasteiger partial charge in [0, 0.05) is 49.5 Å². The Hall–Kier alpha value is -1.22. The topological polar surface area (TPSA) is 60.0 Å². The van der Waals surface area contributed by atoms with Gasteiger partial charge >= 0.3 is 0 Å². The van der Waals surface area contributed by atoms with Crippen molar-refractivity contribution in [2.45, 2.75) is 33.2 Å². The van der Waals surface area contributed by atoms with Gasteiger partial charge in [0.15, 0.2) is 5.96 Å². The summed E-state index contributed by atoms with van der Waals surface area (Å²) < 4.78 is 0. The van der Waals surface area contributed by atoms with Crippen molar-refractivity contribution >= 4 is 53.1 Å². The lowest BCUT2D eigenvalue weighted by atomic mass is 10.1. The van der Waals surface area contributed by atoms with Gasteiger partial charge in [-0.25, -0.2) is 0 Å². The summed E-state index contributed by atoms with van der Waals surface area (Å²) in [4.78, 5) is 20.8. The first kappa shape index (κ1) is 23.8. The first-order valence-corrected chi connectivity index (χ1v) is 9.35. The molecule has 0 spiro atoms. The molecule has 1 aromatic carbocycles. The number of nitrogens with one attached hydrogen (secondary N) is 2. The molecule has 1 aromatic rings. The Morgan fingerprint density at radius 3 is 2.41 bits per heavy atom. The van der Waals surface area contributed by atoms with E-state index >= 15 is 0 Å². The average Bonchev–Trinajstić information content (AvgIpc) is 2.56. The van der Waals surface area contributed by atoms with Gasteiger partial charge in [0.1, 0.15) is 0 Å².